The highest BCUT2D eigenvalue weighted by molar-refractivity contribution is 7.13. The third-order valence-corrected chi connectivity index (χ3v) is 6.07. The molecule has 1 saturated heterocycles. The van der Waals surface area contributed by atoms with Gasteiger partial charge in [0, 0.05) is 24.0 Å². The average Bonchev–Trinajstić information content (AvgIpc) is 3.37. The molecule has 4 rings (SSSR count). The van der Waals surface area contributed by atoms with E-state index in [2.05, 4.69) is 5.10 Å². The van der Waals surface area contributed by atoms with Crippen molar-refractivity contribution in [3.05, 3.63) is 58.6 Å². The Morgan fingerprint density at radius 2 is 1.93 bits per heavy atom. The average molecular weight is 415 g/mol. The fourth-order valence-electron chi connectivity index (χ4n) is 3.41. The lowest BCUT2D eigenvalue weighted by Gasteiger charge is -2.30. The molecule has 3 aromatic rings. The van der Waals surface area contributed by atoms with Crippen molar-refractivity contribution < 1.29 is 9.59 Å². The van der Waals surface area contributed by atoms with Gasteiger partial charge in [-0.25, -0.2) is 4.68 Å². The Morgan fingerprint density at radius 1 is 1.14 bits per heavy atom. The predicted octanol–water partition coefficient (Wildman–Crippen LogP) is 3.59. The lowest BCUT2D eigenvalue weighted by Crippen LogP contribution is -2.42. The number of benzene rings is 1. The maximum Gasteiger partial charge on any atom is 0.272 e. The molecular weight excluding hydrogens is 396 g/mol. The molecule has 0 bridgehead atoms. The van der Waals surface area contributed by atoms with Gasteiger partial charge in [0.25, 0.3) is 5.91 Å². The standard InChI is InChI=1S/C20H19ClN4O2S/c21-14-3-1-4-15(11-14)25-17(12-16(23-25)18-5-2-10-28-18)20(27)24-8-6-13(7-9-24)19(22)26/h1-5,10-13H,6-9H2,(H2,22,26). The maximum atomic E-state index is 13.3. The molecule has 28 heavy (non-hydrogen) atoms. The highest BCUT2D eigenvalue weighted by atomic mass is 35.5. The van der Waals surface area contributed by atoms with Gasteiger partial charge in [0.2, 0.25) is 5.91 Å². The lowest BCUT2D eigenvalue weighted by molar-refractivity contribution is -0.123. The van der Waals surface area contributed by atoms with Crippen molar-refractivity contribution in [2.75, 3.05) is 13.1 Å². The molecule has 0 atom stereocenters. The number of piperidine rings is 1. The number of nitrogens with two attached hydrogens (primary N) is 1. The van der Waals surface area contributed by atoms with Crippen molar-refractivity contribution >= 4 is 34.8 Å². The molecule has 1 aliphatic heterocycles. The summed E-state index contributed by atoms with van der Waals surface area (Å²) >= 11 is 7.72. The summed E-state index contributed by atoms with van der Waals surface area (Å²) in [5, 5.41) is 7.22. The van der Waals surface area contributed by atoms with Crippen molar-refractivity contribution in [2.24, 2.45) is 11.7 Å². The quantitative estimate of drug-likeness (QED) is 0.708. The molecule has 0 saturated carbocycles. The van der Waals surface area contributed by atoms with E-state index in [4.69, 9.17) is 17.3 Å². The van der Waals surface area contributed by atoms with Gasteiger partial charge >= 0.3 is 0 Å². The van der Waals surface area contributed by atoms with Gasteiger partial charge < -0.3 is 10.6 Å². The van der Waals surface area contributed by atoms with Crippen LogP contribution >= 0.6 is 22.9 Å². The number of hydrogen-bond donors (Lipinski definition) is 1. The normalized spacial score (nSPS) is 15.0. The maximum absolute atomic E-state index is 13.3. The topological polar surface area (TPSA) is 81.2 Å². The second-order valence-electron chi connectivity index (χ2n) is 6.75. The Bertz CT molecular complexity index is 1010. The Labute approximate surface area is 171 Å². The number of primary amides is 1. The van der Waals surface area contributed by atoms with Crippen LogP contribution < -0.4 is 5.73 Å². The number of nitrogens with zero attached hydrogens (tertiary/aromatic N) is 3. The van der Waals surface area contributed by atoms with Gasteiger partial charge in [-0.1, -0.05) is 23.7 Å². The van der Waals surface area contributed by atoms with E-state index in [1.54, 1.807) is 33.1 Å². The van der Waals surface area contributed by atoms with Gasteiger partial charge in [-0.15, -0.1) is 11.3 Å². The molecule has 0 radical (unpaired) electrons. The number of rotatable bonds is 4. The van der Waals surface area contributed by atoms with Crippen molar-refractivity contribution in [1.82, 2.24) is 14.7 Å². The Morgan fingerprint density at radius 3 is 2.57 bits per heavy atom. The monoisotopic (exact) mass is 414 g/mol. The zero-order valence-corrected chi connectivity index (χ0v) is 16.6. The zero-order valence-electron chi connectivity index (χ0n) is 15.0. The first-order valence-electron chi connectivity index (χ1n) is 9.01. The molecule has 6 nitrogen and oxygen atoms in total. The summed E-state index contributed by atoms with van der Waals surface area (Å²) in [6.07, 6.45) is 1.17. The highest BCUT2D eigenvalue weighted by Crippen LogP contribution is 2.28. The summed E-state index contributed by atoms with van der Waals surface area (Å²) in [4.78, 5) is 27.4. The second kappa shape index (κ2) is 7.77. The van der Waals surface area contributed by atoms with Crippen LogP contribution in [0.15, 0.2) is 47.8 Å². The summed E-state index contributed by atoms with van der Waals surface area (Å²) in [6, 6.07) is 13.0. The third kappa shape index (κ3) is 3.68. The number of likely N-dealkylation sites (tertiary alicyclic amines) is 1. The minimum atomic E-state index is -0.295. The summed E-state index contributed by atoms with van der Waals surface area (Å²) in [7, 11) is 0. The van der Waals surface area contributed by atoms with Crippen LogP contribution in [0.4, 0.5) is 0 Å². The van der Waals surface area contributed by atoms with E-state index in [-0.39, 0.29) is 17.7 Å². The Kier molecular flexibility index (Phi) is 5.19. The molecule has 0 spiro atoms. The van der Waals surface area contributed by atoms with Gasteiger partial charge in [-0.2, -0.15) is 5.10 Å². The minimum Gasteiger partial charge on any atom is -0.369 e. The first-order valence-corrected chi connectivity index (χ1v) is 10.3. The summed E-state index contributed by atoms with van der Waals surface area (Å²) in [6.45, 7) is 1.00. The molecule has 8 heteroatoms. The van der Waals surface area contributed by atoms with Crippen LogP contribution in [0.2, 0.25) is 5.02 Å². The molecule has 2 amide bonds. The van der Waals surface area contributed by atoms with Crippen LogP contribution in [0.1, 0.15) is 23.3 Å². The smallest absolute Gasteiger partial charge is 0.272 e. The Balaban J connectivity index is 1.69. The summed E-state index contributed by atoms with van der Waals surface area (Å²) < 4.78 is 1.64. The number of halogens is 1. The molecule has 2 N–H and O–H groups in total. The Hall–Kier alpha value is -2.64. The third-order valence-electron chi connectivity index (χ3n) is 4.94. The molecule has 144 valence electrons. The molecule has 1 fully saturated rings. The molecule has 0 aliphatic carbocycles. The number of carbonyl (C=O) groups excluding carboxylic acids is 2. The van der Waals surface area contributed by atoms with E-state index in [9.17, 15) is 9.59 Å². The van der Waals surface area contributed by atoms with E-state index in [1.807, 2.05) is 35.7 Å². The molecule has 0 unspecified atom stereocenters. The number of thiophene rings is 1. The van der Waals surface area contributed by atoms with Crippen LogP contribution in [0.3, 0.4) is 0 Å². The van der Waals surface area contributed by atoms with E-state index in [0.717, 1.165) is 16.3 Å². The van der Waals surface area contributed by atoms with Crippen molar-refractivity contribution in [3.63, 3.8) is 0 Å². The molecule has 1 aliphatic rings. The van der Waals surface area contributed by atoms with Crippen LogP contribution in [0, 0.1) is 5.92 Å². The number of carbonyl (C=O) groups is 2. The van der Waals surface area contributed by atoms with Gasteiger partial charge in [0.1, 0.15) is 11.4 Å². The van der Waals surface area contributed by atoms with Crippen LogP contribution in [0.25, 0.3) is 16.3 Å². The van der Waals surface area contributed by atoms with Crippen LogP contribution in [0.5, 0.6) is 0 Å². The predicted molar refractivity (Wildman–Crippen MR) is 110 cm³/mol. The molecule has 2 aromatic heterocycles. The highest BCUT2D eigenvalue weighted by Gasteiger charge is 2.29. The summed E-state index contributed by atoms with van der Waals surface area (Å²) in [5.74, 6) is -0.571. The zero-order chi connectivity index (χ0) is 19.7. The minimum absolute atomic E-state index is 0.113. The second-order valence-corrected chi connectivity index (χ2v) is 8.14. The van der Waals surface area contributed by atoms with Gasteiger partial charge in [0.15, 0.2) is 0 Å². The largest absolute Gasteiger partial charge is 0.369 e. The number of aromatic nitrogens is 2. The fourth-order valence-corrected chi connectivity index (χ4v) is 4.28. The first-order chi connectivity index (χ1) is 13.5. The van der Waals surface area contributed by atoms with Gasteiger partial charge in [-0.05, 0) is 48.6 Å². The van der Waals surface area contributed by atoms with Crippen LogP contribution in [-0.4, -0.2) is 39.6 Å². The van der Waals surface area contributed by atoms with Crippen molar-refractivity contribution in [1.29, 1.82) is 0 Å². The number of hydrogen-bond acceptors (Lipinski definition) is 4. The number of amides is 2. The van der Waals surface area contributed by atoms with E-state index in [0.29, 0.717) is 36.6 Å². The van der Waals surface area contributed by atoms with E-state index >= 15 is 0 Å². The van der Waals surface area contributed by atoms with E-state index in [1.165, 1.54) is 0 Å². The fraction of sp³-hybridized carbons (Fsp3) is 0.250. The van der Waals surface area contributed by atoms with Crippen LogP contribution in [-0.2, 0) is 4.79 Å². The molecule has 3 heterocycles. The molecular formula is C20H19ClN4O2S. The lowest BCUT2D eigenvalue weighted by atomic mass is 9.96. The van der Waals surface area contributed by atoms with E-state index < -0.39 is 0 Å². The SMILES string of the molecule is NC(=O)C1CCN(C(=O)c2cc(-c3cccs3)nn2-c2cccc(Cl)c2)CC1. The van der Waals surface area contributed by atoms with Crippen molar-refractivity contribution in [2.45, 2.75) is 12.8 Å². The first kappa shape index (κ1) is 18.7. The van der Waals surface area contributed by atoms with Gasteiger partial charge in [0.05, 0.1) is 10.6 Å². The van der Waals surface area contributed by atoms with Gasteiger partial charge in [-0.3, -0.25) is 9.59 Å². The van der Waals surface area contributed by atoms with Crippen molar-refractivity contribution in [3.8, 4) is 16.3 Å². The summed E-state index contributed by atoms with van der Waals surface area (Å²) in [5.41, 5.74) is 7.35. The molecule has 1 aromatic carbocycles.